The summed E-state index contributed by atoms with van der Waals surface area (Å²) in [6.45, 7) is 8.25. The Labute approximate surface area is 108 Å². The molecule has 1 unspecified atom stereocenters. The summed E-state index contributed by atoms with van der Waals surface area (Å²) in [7, 11) is 0. The minimum atomic E-state index is 0.494. The fraction of sp³-hybridized carbons (Fsp3) is 0.571. The zero-order chi connectivity index (χ0) is 12.3. The van der Waals surface area contributed by atoms with Crippen molar-refractivity contribution in [1.82, 2.24) is 5.32 Å². The van der Waals surface area contributed by atoms with Crippen LogP contribution in [0.25, 0.3) is 0 Å². The smallest absolute Gasteiger partial charge is 0.125 e. The molecule has 0 aromatic heterocycles. The van der Waals surface area contributed by atoms with E-state index in [2.05, 4.69) is 38.2 Å². The highest BCUT2D eigenvalue weighted by molar-refractivity contribution is 7.99. The maximum absolute atomic E-state index is 5.99. The molecule has 1 saturated heterocycles. The second-order valence-corrected chi connectivity index (χ2v) is 5.91. The Morgan fingerprint density at radius 1 is 1.29 bits per heavy atom. The van der Waals surface area contributed by atoms with Crippen molar-refractivity contribution in [2.75, 3.05) is 24.7 Å². The van der Waals surface area contributed by atoms with Crippen LogP contribution in [-0.2, 0) is 0 Å². The van der Waals surface area contributed by atoms with Crippen molar-refractivity contribution >= 4 is 11.8 Å². The first-order valence-electron chi connectivity index (χ1n) is 6.18. The lowest BCUT2D eigenvalue weighted by Crippen LogP contribution is -2.41. The van der Waals surface area contributed by atoms with Gasteiger partial charge in [-0.1, -0.05) is 17.7 Å². The van der Waals surface area contributed by atoms with Gasteiger partial charge < -0.3 is 10.1 Å². The number of thioether (sulfide) groups is 1. The molecule has 17 heavy (non-hydrogen) atoms. The Morgan fingerprint density at radius 2 is 2.00 bits per heavy atom. The van der Waals surface area contributed by atoms with E-state index in [1.165, 1.54) is 22.4 Å². The standard InChI is InChI=1S/C14H21NOS/c1-10-6-11(2)14(12(3)7-10)16-8-13-9-17-5-4-15-13/h6-7,13,15H,4-5,8-9H2,1-3H3. The lowest BCUT2D eigenvalue weighted by atomic mass is 10.1. The average molecular weight is 251 g/mol. The fourth-order valence-electron chi connectivity index (χ4n) is 2.31. The topological polar surface area (TPSA) is 21.3 Å². The van der Waals surface area contributed by atoms with E-state index in [0.717, 1.165) is 24.7 Å². The highest BCUT2D eigenvalue weighted by Gasteiger charge is 2.14. The van der Waals surface area contributed by atoms with Gasteiger partial charge in [-0.3, -0.25) is 0 Å². The molecule has 2 nitrogen and oxygen atoms in total. The van der Waals surface area contributed by atoms with E-state index in [1.54, 1.807) is 0 Å². The lowest BCUT2D eigenvalue weighted by Gasteiger charge is -2.24. The van der Waals surface area contributed by atoms with Crippen molar-refractivity contribution in [3.63, 3.8) is 0 Å². The zero-order valence-corrected chi connectivity index (χ0v) is 11.7. The highest BCUT2D eigenvalue weighted by Crippen LogP contribution is 2.24. The van der Waals surface area contributed by atoms with Crippen LogP contribution in [0.1, 0.15) is 16.7 Å². The molecule has 0 radical (unpaired) electrons. The van der Waals surface area contributed by atoms with Crippen LogP contribution in [0.15, 0.2) is 12.1 Å². The van der Waals surface area contributed by atoms with Gasteiger partial charge in [-0.2, -0.15) is 11.8 Å². The second kappa shape index (κ2) is 5.78. The minimum Gasteiger partial charge on any atom is -0.491 e. The summed E-state index contributed by atoms with van der Waals surface area (Å²) in [4.78, 5) is 0. The molecular formula is C14H21NOS. The number of hydrogen-bond acceptors (Lipinski definition) is 3. The molecule has 94 valence electrons. The Kier molecular flexibility index (Phi) is 4.35. The van der Waals surface area contributed by atoms with E-state index in [9.17, 15) is 0 Å². The molecule has 1 atom stereocenters. The van der Waals surface area contributed by atoms with Crippen LogP contribution in [0.3, 0.4) is 0 Å². The van der Waals surface area contributed by atoms with Gasteiger partial charge in [0.15, 0.2) is 0 Å². The van der Waals surface area contributed by atoms with E-state index in [4.69, 9.17) is 4.74 Å². The SMILES string of the molecule is Cc1cc(C)c(OCC2CSCCN2)c(C)c1. The number of aryl methyl sites for hydroxylation is 3. The van der Waals surface area contributed by atoms with E-state index in [-0.39, 0.29) is 0 Å². The Hall–Kier alpha value is -0.670. The predicted molar refractivity (Wildman–Crippen MR) is 75.3 cm³/mol. The number of rotatable bonds is 3. The number of nitrogens with one attached hydrogen (secondary N) is 1. The second-order valence-electron chi connectivity index (χ2n) is 4.76. The molecule has 1 heterocycles. The molecule has 0 amide bonds. The molecule has 1 aliphatic heterocycles. The van der Waals surface area contributed by atoms with Crippen molar-refractivity contribution in [2.45, 2.75) is 26.8 Å². The summed E-state index contributed by atoms with van der Waals surface area (Å²) in [5.74, 6) is 3.44. The van der Waals surface area contributed by atoms with Gasteiger partial charge in [-0.25, -0.2) is 0 Å². The maximum Gasteiger partial charge on any atom is 0.125 e. The maximum atomic E-state index is 5.99. The molecule has 1 aliphatic rings. The highest BCUT2D eigenvalue weighted by atomic mass is 32.2. The van der Waals surface area contributed by atoms with Gasteiger partial charge in [-0.15, -0.1) is 0 Å². The van der Waals surface area contributed by atoms with E-state index in [1.807, 2.05) is 11.8 Å². The third kappa shape index (κ3) is 3.39. The number of hydrogen-bond donors (Lipinski definition) is 1. The fourth-order valence-corrected chi connectivity index (χ4v) is 3.23. The number of benzene rings is 1. The average Bonchev–Trinajstić information content (AvgIpc) is 2.29. The summed E-state index contributed by atoms with van der Waals surface area (Å²) in [6, 6.07) is 4.87. The van der Waals surface area contributed by atoms with Crippen molar-refractivity contribution in [1.29, 1.82) is 0 Å². The molecule has 1 aromatic carbocycles. The molecule has 3 heteroatoms. The summed E-state index contributed by atoms with van der Waals surface area (Å²) >= 11 is 2.01. The van der Waals surface area contributed by atoms with Crippen LogP contribution >= 0.6 is 11.8 Å². The minimum absolute atomic E-state index is 0.494. The van der Waals surface area contributed by atoms with Crippen LogP contribution in [-0.4, -0.2) is 30.7 Å². The van der Waals surface area contributed by atoms with Crippen LogP contribution in [0.5, 0.6) is 5.75 Å². The molecule has 2 rings (SSSR count). The molecule has 0 bridgehead atoms. The molecular weight excluding hydrogens is 230 g/mol. The van der Waals surface area contributed by atoms with Gasteiger partial charge in [0.25, 0.3) is 0 Å². The summed E-state index contributed by atoms with van der Waals surface area (Å²) < 4.78 is 5.99. The first-order chi connectivity index (χ1) is 8.16. The summed E-state index contributed by atoms with van der Waals surface area (Å²) in [5.41, 5.74) is 3.79. The number of ether oxygens (including phenoxy) is 1. The van der Waals surface area contributed by atoms with Crippen LogP contribution in [0.2, 0.25) is 0 Å². The third-order valence-corrected chi connectivity index (χ3v) is 4.16. The van der Waals surface area contributed by atoms with Gasteiger partial charge >= 0.3 is 0 Å². The van der Waals surface area contributed by atoms with Crippen molar-refractivity contribution in [2.24, 2.45) is 0 Å². The van der Waals surface area contributed by atoms with Gasteiger partial charge in [0, 0.05) is 18.1 Å². The summed E-state index contributed by atoms with van der Waals surface area (Å²) in [6.07, 6.45) is 0. The van der Waals surface area contributed by atoms with Gasteiger partial charge in [0.05, 0.1) is 6.04 Å². The van der Waals surface area contributed by atoms with E-state index >= 15 is 0 Å². The van der Waals surface area contributed by atoms with Crippen LogP contribution in [0.4, 0.5) is 0 Å². The third-order valence-electron chi connectivity index (χ3n) is 3.03. The molecule has 0 spiro atoms. The quantitative estimate of drug-likeness (QED) is 0.892. The first-order valence-corrected chi connectivity index (χ1v) is 7.34. The van der Waals surface area contributed by atoms with Gasteiger partial charge in [-0.05, 0) is 31.9 Å². The Balaban J connectivity index is 1.98. The van der Waals surface area contributed by atoms with Crippen molar-refractivity contribution < 1.29 is 4.74 Å². The normalized spacial score (nSPS) is 20.3. The van der Waals surface area contributed by atoms with Crippen molar-refractivity contribution in [3.05, 3.63) is 28.8 Å². The van der Waals surface area contributed by atoms with Crippen LogP contribution < -0.4 is 10.1 Å². The largest absolute Gasteiger partial charge is 0.491 e. The lowest BCUT2D eigenvalue weighted by molar-refractivity contribution is 0.272. The monoisotopic (exact) mass is 251 g/mol. The zero-order valence-electron chi connectivity index (χ0n) is 10.9. The van der Waals surface area contributed by atoms with Crippen molar-refractivity contribution in [3.8, 4) is 5.75 Å². The first kappa shape index (κ1) is 12.8. The van der Waals surface area contributed by atoms with E-state index < -0.39 is 0 Å². The Morgan fingerprint density at radius 3 is 2.59 bits per heavy atom. The molecule has 0 saturated carbocycles. The summed E-state index contributed by atoms with van der Waals surface area (Å²) in [5, 5.41) is 3.49. The molecule has 1 aromatic rings. The molecule has 1 fully saturated rings. The molecule has 0 aliphatic carbocycles. The van der Waals surface area contributed by atoms with E-state index in [0.29, 0.717) is 6.04 Å². The molecule has 1 N–H and O–H groups in total. The Bertz CT molecular complexity index is 363. The van der Waals surface area contributed by atoms with Gasteiger partial charge in [0.1, 0.15) is 12.4 Å². The van der Waals surface area contributed by atoms with Crippen LogP contribution in [0, 0.1) is 20.8 Å². The predicted octanol–water partition coefficient (Wildman–Crippen LogP) is 2.70. The van der Waals surface area contributed by atoms with Gasteiger partial charge in [0.2, 0.25) is 0 Å².